The Labute approximate surface area is 161 Å². The predicted octanol–water partition coefficient (Wildman–Crippen LogP) is 1.10. The molecule has 2 aromatic rings. The number of nitrogens with zero attached hydrogens (tertiary/aromatic N) is 1. The zero-order chi connectivity index (χ0) is 19.8. The van der Waals surface area contributed by atoms with Gasteiger partial charge >= 0.3 is 5.97 Å². The van der Waals surface area contributed by atoms with Crippen molar-refractivity contribution < 1.29 is 28.8 Å². The lowest BCUT2D eigenvalue weighted by Gasteiger charge is -2.22. The molecule has 0 spiro atoms. The first-order valence-electron chi connectivity index (χ1n) is 9.47. The van der Waals surface area contributed by atoms with E-state index < -0.39 is 35.9 Å². The summed E-state index contributed by atoms with van der Waals surface area (Å²) in [5.74, 6) is -0.554. The highest BCUT2D eigenvalue weighted by Crippen LogP contribution is 2.34. The minimum Gasteiger partial charge on any atom is -0.483 e. The summed E-state index contributed by atoms with van der Waals surface area (Å²) in [6.45, 7) is 4.42. The maximum absolute atomic E-state index is 13.1. The molecule has 2 saturated heterocycles. The zero-order valence-electron chi connectivity index (χ0n) is 15.8. The van der Waals surface area contributed by atoms with Crippen LogP contribution in [0.15, 0.2) is 29.1 Å². The highest BCUT2D eigenvalue weighted by atomic mass is 16.6. The molecular formula is C20H23NO7. The summed E-state index contributed by atoms with van der Waals surface area (Å²) in [7, 11) is 0. The number of fused-ring (bicyclic) bond motifs is 2. The van der Waals surface area contributed by atoms with E-state index in [-0.39, 0.29) is 31.1 Å². The van der Waals surface area contributed by atoms with Gasteiger partial charge in [0.1, 0.15) is 24.1 Å². The Kier molecular flexibility index (Phi) is 5.09. The number of hydrogen-bond donors (Lipinski definition) is 1. The minimum atomic E-state index is -0.724. The molecule has 1 aromatic carbocycles. The largest absolute Gasteiger partial charge is 0.483 e. The Hall–Kier alpha value is -2.42. The van der Waals surface area contributed by atoms with Crippen LogP contribution in [-0.4, -0.2) is 59.9 Å². The second-order valence-corrected chi connectivity index (χ2v) is 6.81. The van der Waals surface area contributed by atoms with E-state index in [1.54, 1.807) is 13.0 Å². The minimum absolute atomic E-state index is 0.135. The summed E-state index contributed by atoms with van der Waals surface area (Å²) in [6, 6.07) is 7.26. The van der Waals surface area contributed by atoms with Crippen molar-refractivity contribution >= 4 is 16.9 Å². The van der Waals surface area contributed by atoms with Crippen molar-refractivity contribution in [1.29, 1.82) is 0 Å². The van der Waals surface area contributed by atoms with Gasteiger partial charge in [0.05, 0.1) is 25.3 Å². The summed E-state index contributed by atoms with van der Waals surface area (Å²) in [4.78, 5) is 25.7. The van der Waals surface area contributed by atoms with E-state index in [0.717, 1.165) is 0 Å². The average molecular weight is 389 g/mol. The first-order chi connectivity index (χ1) is 13.6. The fourth-order valence-electron chi connectivity index (χ4n) is 3.89. The van der Waals surface area contributed by atoms with E-state index in [9.17, 15) is 14.7 Å². The fraction of sp³-hybridized carbons (Fsp3) is 0.500. The standard InChI is InChI=1S/C20H23NO7/c1-3-21-12-8-6-5-7-11(12)16(15(19(21)23)20(24)25-4-2)28-14-10-27-17-13(22)9-26-18(14)17/h5-8,13-14,17-18,22H,3-4,9-10H2,1-2H3/t13-,14-,17+,18?/m0/s1. The van der Waals surface area contributed by atoms with Crippen molar-refractivity contribution in [3.63, 3.8) is 0 Å². The van der Waals surface area contributed by atoms with Crippen LogP contribution >= 0.6 is 0 Å². The molecule has 4 atom stereocenters. The second-order valence-electron chi connectivity index (χ2n) is 6.81. The molecular weight excluding hydrogens is 366 g/mol. The normalized spacial score (nSPS) is 26.4. The lowest BCUT2D eigenvalue weighted by Crippen LogP contribution is -2.36. The van der Waals surface area contributed by atoms with E-state index in [1.807, 2.05) is 25.1 Å². The quantitative estimate of drug-likeness (QED) is 0.765. The molecule has 0 bridgehead atoms. The van der Waals surface area contributed by atoms with Gasteiger partial charge in [-0.3, -0.25) is 4.79 Å². The molecule has 1 unspecified atom stereocenters. The van der Waals surface area contributed by atoms with Crippen LogP contribution in [0, 0.1) is 0 Å². The number of hydrogen-bond acceptors (Lipinski definition) is 7. The van der Waals surface area contributed by atoms with E-state index >= 15 is 0 Å². The molecule has 0 radical (unpaired) electrons. The van der Waals surface area contributed by atoms with Crippen LogP contribution in [0.5, 0.6) is 5.75 Å². The molecule has 2 fully saturated rings. The summed E-state index contributed by atoms with van der Waals surface area (Å²) in [5.41, 5.74) is 0.0720. The van der Waals surface area contributed by atoms with E-state index in [4.69, 9.17) is 18.9 Å². The van der Waals surface area contributed by atoms with Crippen LogP contribution in [0.3, 0.4) is 0 Å². The number of aromatic nitrogens is 1. The maximum atomic E-state index is 13.1. The van der Waals surface area contributed by atoms with Gasteiger partial charge in [-0.05, 0) is 26.0 Å². The van der Waals surface area contributed by atoms with Gasteiger partial charge in [0.15, 0.2) is 11.7 Å². The Morgan fingerprint density at radius 2 is 1.96 bits per heavy atom. The van der Waals surface area contributed by atoms with Gasteiger partial charge < -0.3 is 28.6 Å². The molecule has 8 heteroatoms. The van der Waals surface area contributed by atoms with Crippen molar-refractivity contribution in [3.8, 4) is 5.75 Å². The van der Waals surface area contributed by atoms with Crippen molar-refractivity contribution in [2.45, 2.75) is 44.8 Å². The Morgan fingerprint density at radius 3 is 2.71 bits per heavy atom. The number of benzene rings is 1. The number of aliphatic hydroxyl groups is 1. The first kappa shape index (κ1) is 18.9. The van der Waals surface area contributed by atoms with Gasteiger partial charge in [0, 0.05) is 11.9 Å². The number of esters is 1. The molecule has 1 N–H and O–H groups in total. The lowest BCUT2D eigenvalue weighted by atomic mass is 10.1. The van der Waals surface area contributed by atoms with Crippen LogP contribution in [0.1, 0.15) is 24.2 Å². The predicted molar refractivity (Wildman–Crippen MR) is 99.7 cm³/mol. The van der Waals surface area contributed by atoms with Crippen LogP contribution in [0.2, 0.25) is 0 Å². The van der Waals surface area contributed by atoms with Crippen molar-refractivity contribution in [3.05, 3.63) is 40.2 Å². The SMILES string of the molecule is CCOC(=O)c1c(O[C@H]2CO[C@H]3C2OC[C@@H]3O)c2ccccc2n(CC)c1=O. The number of aryl methyl sites for hydroxylation is 1. The van der Waals surface area contributed by atoms with Crippen LogP contribution in [-0.2, 0) is 20.8 Å². The summed E-state index contributed by atoms with van der Waals surface area (Å²) in [6.07, 6.45) is -2.20. The number of rotatable bonds is 5. The van der Waals surface area contributed by atoms with Gasteiger partial charge in [-0.1, -0.05) is 12.1 Å². The number of para-hydroxylation sites is 1. The monoisotopic (exact) mass is 389 g/mol. The van der Waals surface area contributed by atoms with Crippen LogP contribution in [0.4, 0.5) is 0 Å². The number of pyridine rings is 1. The second kappa shape index (κ2) is 7.54. The number of ether oxygens (including phenoxy) is 4. The lowest BCUT2D eigenvalue weighted by molar-refractivity contribution is 0.00847. The maximum Gasteiger partial charge on any atom is 0.347 e. The molecule has 150 valence electrons. The van der Waals surface area contributed by atoms with Gasteiger partial charge in [0.25, 0.3) is 5.56 Å². The molecule has 1 aromatic heterocycles. The topological polar surface area (TPSA) is 96.2 Å². The van der Waals surface area contributed by atoms with Gasteiger partial charge in [-0.15, -0.1) is 0 Å². The van der Waals surface area contributed by atoms with Crippen molar-refractivity contribution in [1.82, 2.24) is 4.57 Å². The molecule has 2 aliphatic rings. The molecule has 0 saturated carbocycles. The number of aliphatic hydroxyl groups excluding tert-OH is 1. The molecule has 28 heavy (non-hydrogen) atoms. The number of carbonyl (C=O) groups excluding carboxylic acids is 1. The average Bonchev–Trinajstić information content (AvgIpc) is 3.25. The Balaban J connectivity index is 1.85. The summed E-state index contributed by atoms with van der Waals surface area (Å²) >= 11 is 0. The van der Waals surface area contributed by atoms with Gasteiger partial charge in [0.2, 0.25) is 0 Å². The zero-order valence-corrected chi connectivity index (χ0v) is 15.8. The van der Waals surface area contributed by atoms with Gasteiger partial charge in [-0.25, -0.2) is 4.79 Å². The van der Waals surface area contributed by atoms with Gasteiger partial charge in [-0.2, -0.15) is 0 Å². The van der Waals surface area contributed by atoms with Crippen molar-refractivity contribution in [2.75, 3.05) is 19.8 Å². The Bertz CT molecular complexity index is 953. The molecule has 2 aliphatic heterocycles. The number of carbonyl (C=O) groups is 1. The summed E-state index contributed by atoms with van der Waals surface area (Å²) in [5, 5.41) is 10.6. The highest BCUT2D eigenvalue weighted by Gasteiger charge is 2.49. The smallest absolute Gasteiger partial charge is 0.347 e. The van der Waals surface area contributed by atoms with E-state index in [1.165, 1.54) is 4.57 Å². The molecule has 4 rings (SSSR count). The third-order valence-electron chi connectivity index (χ3n) is 5.17. The van der Waals surface area contributed by atoms with Crippen LogP contribution < -0.4 is 10.3 Å². The Morgan fingerprint density at radius 1 is 1.21 bits per heavy atom. The molecule has 8 nitrogen and oxygen atoms in total. The third-order valence-corrected chi connectivity index (χ3v) is 5.17. The van der Waals surface area contributed by atoms with Crippen molar-refractivity contribution in [2.24, 2.45) is 0 Å². The molecule has 0 aliphatic carbocycles. The first-order valence-corrected chi connectivity index (χ1v) is 9.47. The highest BCUT2D eigenvalue weighted by molar-refractivity contribution is 5.99. The fourth-order valence-corrected chi connectivity index (χ4v) is 3.89. The van der Waals surface area contributed by atoms with E-state index in [0.29, 0.717) is 17.4 Å². The summed E-state index contributed by atoms with van der Waals surface area (Å²) < 4.78 is 24.0. The third kappa shape index (κ3) is 2.97. The molecule has 3 heterocycles. The van der Waals surface area contributed by atoms with Crippen LogP contribution in [0.25, 0.3) is 10.9 Å². The van der Waals surface area contributed by atoms with E-state index in [2.05, 4.69) is 0 Å². The molecule has 0 amide bonds.